The van der Waals surface area contributed by atoms with Gasteiger partial charge in [-0.1, -0.05) is 6.92 Å². The summed E-state index contributed by atoms with van der Waals surface area (Å²) in [4.78, 5) is 37.8. The lowest BCUT2D eigenvalue weighted by molar-refractivity contribution is -0.139. The zero-order chi connectivity index (χ0) is 16.5. The maximum Gasteiger partial charge on any atom is 0.410 e. The number of nitrogens with zero attached hydrogens (tertiary/aromatic N) is 1. The van der Waals surface area contributed by atoms with Crippen molar-refractivity contribution in [1.29, 1.82) is 0 Å². The molecule has 2 aliphatic rings. The Morgan fingerprint density at radius 3 is 2.41 bits per heavy atom. The maximum absolute atomic E-state index is 12.5. The van der Waals surface area contributed by atoms with Crippen LogP contribution in [0, 0.1) is 11.3 Å². The lowest BCUT2D eigenvalue weighted by atomic mass is 9.68. The third-order valence-corrected chi connectivity index (χ3v) is 4.76. The minimum atomic E-state index is -0.537. The highest BCUT2D eigenvalue weighted by Crippen LogP contribution is 2.42. The van der Waals surface area contributed by atoms with Gasteiger partial charge in [-0.25, -0.2) is 4.79 Å². The number of nitrogens with one attached hydrogen (secondary N) is 1. The molecule has 0 bridgehead atoms. The lowest BCUT2D eigenvalue weighted by Gasteiger charge is -2.43. The van der Waals surface area contributed by atoms with Crippen LogP contribution in [-0.2, 0) is 14.3 Å². The van der Waals surface area contributed by atoms with Crippen molar-refractivity contribution in [2.24, 2.45) is 11.3 Å². The molecule has 0 aromatic rings. The SMILES string of the molecule is CC1CCC(=O)NC(=O)C12CCN(C(=O)OC(C)(C)C)CC2. The van der Waals surface area contributed by atoms with Crippen LogP contribution in [0.25, 0.3) is 0 Å². The van der Waals surface area contributed by atoms with E-state index in [0.717, 1.165) is 0 Å². The van der Waals surface area contributed by atoms with Gasteiger partial charge in [-0.05, 0) is 46.0 Å². The van der Waals surface area contributed by atoms with Crippen LogP contribution in [0.5, 0.6) is 0 Å². The predicted octanol–water partition coefficient (Wildman–Crippen LogP) is 2.08. The molecule has 6 heteroatoms. The molecule has 22 heavy (non-hydrogen) atoms. The van der Waals surface area contributed by atoms with E-state index in [1.807, 2.05) is 27.7 Å². The third kappa shape index (κ3) is 3.42. The first-order valence-electron chi connectivity index (χ1n) is 7.96. The maximum atomic E-state index is 12.5. The molecule has 2 fully saturated rings. The number of carbonyl (C=O) groups is 3. The van der Waals surface area contributed by atoms with Crippen molar-refractivity contribution in [1.82, 2.24) is 10.2 Å². The second-order valence-corrected chi connectivity index (χ2v) is 7.44. The normalized spacial score (nSPS) is 25.6. The minimum Gasteiger partial charge on any atom is -0.444 e. The molecule has 3 amide bonds. The van der Waals surface area contributed by atoms with E-state index in [2.05, 4.69) is 5.32 Å². The van der Waals surface area contributed by atoms with Crippen molar-refractivity contribution >= 4 is 17.9 Å². The minimum absolute atomic E-state index is 0.139. The van der Waals surface area contributed by atoms with Crippen LogP contribution in [0.4, 0.5) is 4.79 Å². The highest BCUT2D eigenvalue weighted by Gasteiger charge is 2.48. The van der Waals surface area contributed by atoms with Gasteiger partial charge in [0.1, 0.15) is 5.60 Å². The van der Waals surface area contributed by atoms with Crippen LogP contribution in [0.15, 0.2) is 0 Å². The first-order valence-corrected chi connectivity index (χ1v) is 7.96. The molecular formula is C16H26N2O4. The molecule has 2 saturated heterocycles. The van der Waals surface area contributed by atoms with Crippen LogP contribution in [0.1, 0.15) is 53.4 Å². The highest BCUT2D eigenvalue weighted by molar-refractivity contribution is 5.99. The summed E-state index contributed by atoms with van der Waals surface area (Å²) in [7, 11) is 0. The van der Waals surface area contributed by atoms with Crippen LogP contribution in [0.2, 0.25) is 0 Å². The van der Waals surface area contributed by atoms with Gasteiger partial charge in [-0.3, -0.25) is 14.9 Å². The van der Waals surface area contributed by atoms with Gasteiger partial charge >= 0.3 is 6.09 Å². The van der Waals surface area contributed by atoms with Crippen molar-refractivity contribution in [3.8, 4) is 0 Å². The summed E-state index contributed by atoms with van der Waals surface area (Å²) < 4.78 is 5.38. The Balaban J connectivity index is 2.05. The Morgan fingerprint density at radius 1 is 1.27 bits per heavy atom. The molecule has 1 spiro atoms. The number of piperidine rings is 1. The summed E-state index contributed by atoms with van der Waals surface area (Å²) in [6, 6.07) is 0. The Labute approximate surface area is 131 Å². The number of ether oxygens (including phenoxy) is 1. The summed E-state index contributed by atoms with van der Waals surface area (Å²) in [6.45, 7) is 8.51. The molecule has 2 rings (SSSR count). The van der Waals surface area contributed by atoms with Gasteiger partial charge in [-0.2, -0.15) is 0 Å². The van der Waals surface area contributed by atoms with Crippen LogP contribution in [0.3, 0.4) is 0 Å². The molecule has 0 aromatic carbocycles. The topological polar surface area (TPSA) is 75.7 Å². The van der Waals surface area contributed by atoms with E-state index in [1.165, 1.54) is 0 Å². The number of hydrogen-bond donors (Lipinski definition) is 1. The van der Waals surface area contributed by atoms with Crippen molar-refractivity contribution in [3.05, 3.63) is 0 Å². The van der Waals surface area contributed by atoms with E-state index in [0.29, 0.717) is 38.8 Å². The molecule has 1 atom stereocenters. The Bertz CT molecular complexity index is 473. The molecule has 1 unspecified atom stereocenters. The molecule has 0 radical (unpaired) electrons. The van der Waals surface area contributed by atoms with Gasteiger partial charge in [0.05, 0.1) is 5.41 Å². The van der Waals surface area contributed by atoms with Gasteiger partial charge in [-0.15, -0.1) is 0 Å². The molecule has 0 aliphatic carbocycles. The number of rotatable bonds is 0. The highest BCUT2D eigenvalue weighted by atomic mass is 16.6. The number of amides is 3. The molecule has 0 saturated carbocycles. The van der Waals surface area contributed by atoms with E-state index in [4.69, 9.17) is 4.74 Å². The van der Waals surface area contributed by atoms with E-state index < -0.39 is 11.0 Å². The average molecular weight is 310 g/mol. The second kappa shape index (κ2) is 5.89. The van der Waals surface area contributed by atoms with Gasteiger partial charge in [0.25, 0.3) is 0 Å². The fourth-order valence-corrected chi connectivity index (χ4v) is 3.30. The van der Waals surface area contributed by atoms with E-state index in [1.54, 1.807) is 4.90 Å². The van der Waals surface area contributed by atoms with E-state index in [9.17, 15) is 14.4 Å². The van der Waals surface area contributed by atoms with Crippen molar-refractivity contribution < 1.29 is 19.1 Å². The largest absolute Gasteiger partial charge is 0.444 e. The van der Waals surface area contributed by atoms with E-state index in [-0.39, 0.29) is 23.8 Å². The fraction of sp³-hybridized carbons (Fsp3) is 0.812. The van der Waals surface area contributed by atoms with Gasteiger partial charge in [0.2, 0.25) is 11.8 Å². The number of carbonyl (C=O) groups excluding carboxylic acids is 3. The number of likely N-dealkylation sites (tertiary alicyclic amines) is 1. The Kier molecular flexibility index (Phi) is 4.49. The third-order valence-electron chi connectivity index (χ3n) is 4.76. The van der Waals surface area contributed by atoms with Gasteiger partial charge < -0.3 is 9.64 Å². The van der Waals surface area contributed by atoms with Gasteiger partial charge in [0, 0.05) is 19.5 Å². The molecule has 124 valence electrons. The molecule has 1 N–H and O–H groups in total. The number of imide groups is 1. The molecule has 2 aliphatic heterocycles. The first-order chi connectivity index (χ1) is 10.1. The van der Waals surface area contributed by atoms with Crippen LogP contribution >= 0.6 is 0 Å². The lowest BCUT2D eigenvalue weighted by Crippen LogP contribution is -2.53. The summed E-state index contributed by atoms with van der Waals surface area (Å²) in [6.07, 6.45) is 1.92. The van der Waals surface area contributed by atoms with Gasteiger partial charge in [0.15, 0.2) is 0 Å². The van der Waals surface area contributed by atoms with Crippen LogP contribution < -0.4 is 5.32 Å². The number of hydrogen-bond acceptors (Lipinski definition) is 4. The molecular weight excluding hydrogens is 284 g/mol. The Morgan fingerprint density at radius 2 is 1.86 bits per heavy atom. The van der Waals surface area contributed by atoms with Crippen molar-refractivity contribution in [3.63, 3.8) is 0 Å². The van der Waals surface area contributed by atoms with Crippen molar-refractivity contribution in [2.45, 2.75) is 59.0 Å². The summed E-state index contributed by atoms with van der Waals surface area (Å²) in [5.41, 5.74) is -1.06. The van der Waals surface area contributed by atoms with Crippen LogP contribution in [-0.4, -0.2) is 41.5 Å². The average Bonchev–Trinajstić information content (AvgIpc) is 2.51. The molecule has 6 nitrogen and oxygen atoms in total. The second-order valence-electron chi connectivity index (χ2n) is 7.44. The first kappa shape index (κ1) is 16.8. The standard InChI is InChI=1S/C16H26N2O4/c1-11-5-6-12(19)17-13(20)16(11)7-9-18(10-8-16)14(21)22-15(2,3)4/h11H,5-10H2,1-4H3,(H,17,19,20). The molecule has 0 aromatic heterocycles. The predicted molar refractivity (Wildman–Crippen MR) is 81.0 cm³/mol. The monoisotopic (exact) mass is 310 g/mol. The zero-order valence-corrected chi connectivity index (χ0v) is 13.9. The van der Waals surface area contributed by atoms with E-state index >= 15 is 0 Å². The fourth-order valence-electron chi connectivity index (χ4n) is 3.30. The Hall–Kier alpha value is -1.59. The molecule has 2 heterocycles. The summed E-state index contributed by atoms with van der Waals surface area (Å²) in [5, 5.41) is 2.50. The zero-order valence-electron chi connectivity index (χ0n) is 13.9. The summed E-state index contributed by atoms with van der Waals surface area (Å²) in [5.74, 6) is -0.227. The quantitative estimate of drug-likeness (QED) is 0.695. The smallest absolute Gasteiger partial charge is 0.410 e. The van der Waals surface area contributed by atoms with Crippen molar-refractivity contribution in [2.75, 3.05) is 13.1 Å². The summed E-state index contributed by atoms with van der Waals surface area (Å²) >= 11 is 0.